The normalized spacial score (nSPS) is 14.2. The number of amidine groups is 1. The van der Waals surface area contributed by atoms with Gasteiger partial charge in [-0.1, -0.05) is 37.2 Å². The van der Waals surface area contributed by atoms with E-state index in [-0.39, 0.29) is 24.0 Å². The summed E-state index contributed by atoms with van der Waals surface area (Å²) in [7, 11) is 0. The van der Waals surface area contributed by atoms with Gasteiger partial charge < -0.3 is 14.8 Å². The van der Waals surface area contributed by atoms with Crippen molar-refractivity contribution in [3.8, 4) is 17.2 Å². The second-order valence-corrected chi connectivity index (χ2v) is 11.1. The fourth-order valence-corrected chi connectivity index (χ4v) is 5.44. The SMILES string of the molecule is CCCc1ccc(C)cc1N1C(=O)CSC1=NC(=O)Nc1ccc(OCc2ncn(-c3ccc(OC(F)(F)F)cc3)n2)cc1C. The summed E-state index contributed by atoms with van der Waals surface area (Å²) in [6.45, 7) is 5.86. The molecule has 0 radical (unpaired) electrons. The lowest BCUT2D eigenvalue weighted by atomic mass is 10.0. The molecule has 0 aliphatic carbocycles. The van der Waals surface area contributed by atoms with E-state index in [1.807, 2.05) is 25.1 Å². The number of anilines is 2. The number of carbonyl (C=O) groups is 2. The second-order valence-electron chi connectivity index (χ2n) is 10.1. The summed E-state index contributed by atoms with van der Waals surface area (Å²) in [5, 5.41) is 7.41. The zero-order valence-corrected chi connectivity index (χ0v) is 25.4. The largest absolute Gasteiger partial charge is 0.573 e. The highest BCUT2D eigenvalue weighted by Gasteiger charge is 2.32. The van der Waals surface area contributed by atoms with Gasteiger partial charge in [0.25, 0.3) is 0 Å². The molecule has 0 spiro atoms. The number of thioether (sulfide) groups is 1. The summed E-state index contributed by atoms with van der Waals surface area (Å²) in [6, 6.07) is 15.7. The van der Waals surface area contributed by atoms with Crippen LogP contribution in [0.2, 0.25) is 0 Å². The van der Waals surface area contributed by atoms with Crippen molar-refractivity contribution in [3.05, 3.63) is 89.5 Å². The van der Waals surface area contributed by atoms with Gasteiger partial charge >= 0.3 is 12.4 Å². The van der Waals surface area contributed by atoms with E-state index in [4.69, 9.17) is 4.74 Å². The molecule has 14 heteroatoms. The smallest absolute Gasteiger partial charge is 0.486 e. The molecule has 1 N–H and O–H groups in total. The third-order valence-corrected chi connectivity index (χ3v) is 7.57. The van der Waals surface area contributed by atoms with Gasteiger partial charge in [-0.2, -0.15) is 4.99 Å². The van der Waals surface area contributed by atoms with Gasteiger partial charge in [-0.15, -0.1) is 18.3 Å². The molecule has 0 atom stereocenters. The van der Waals surface area contributed by atoms with E-state index in [0.29, 0.717) is 28.1 Å². The highest BCUT2D eigenvalue weighted by Crippen LogP contribution is 2.32. The second kappa shape index (κ2) is 13.4. The third kappa shape index (κ3) is 8.01. The van der Waals surface area contributed by atoms with Gasteiger partial charge in [-0.05, 0) is 85.5 Å². The first kappa shape index (κ1) is 31.6. The molecule has 1 aliphatic rings. The number of nitrogens with one attached hydrogen (secondary N) is 1. The van der Waals surface area contributed by atoms with E-state index in [1.54, 1.807) is 25.1 Å². The van der Waals surface area contributed by atoms with Crippen molar-refractivity contribution < 1.29 is 32.2 Å². The first-order chi connectivity index (χ1) is 21.5. The minimum atomic E-state index is -4.77. The molecule has 2 heterocycles. The zero-order chi connectivity index (χ0) is 32.1. The van der Waals surface area contributed by atoms with Crippen LogP contribution in [-0.4, -0.2) is 44.0 Å². The number of rotatable bonds is 9. The van der Waals surface area contributed by atoms with Crippen LogP contribution in [0.3, 0.4) is 0 Å². The van der Waals surface area contributed by atoms with Gasteiger partial charge in [0.05, 0.1) is 17.1 Å². The van der Waals surface area contributed by atoms with Crippen LogP contribution in [0.25, 0.3) is 5.69 Å². The van der Waals surface area contributed by atoms with Crippen molar-refractivity contribution in [3.63, 3.8) is 0 Å². The van der Waals surface area contributed by atoms with E-state index in [9.17, 15) is 22.8 Å². The molecule has 1 fully saturated rings. The highest BCUT2D eigenvalue weighted by molar-refractivity contribution is 8.15. The maximum Gasteiger partial charge on any atom is 0.573 e. The average molecular weight is 639 g/mol. The molecule has 3 amide bonds. The molecule has 0 unspecified atom stereocenters. The molecule has 3 aromatic carbocycles. The maximum atomic E-state index is 12.9. The van der Waals surface area contributed by atoms with E-state index >= 15 is 0 Å². The van der Waals surface area contributed by atoms with E-state index in [0.717, 1.165) is 35.2 Å². The summed E-state index contributed by atoms with van der Waals surface area (Å²) in [6.07, 6.45) is -1.63. The molecule has 234 valence electrons. The molecule has 0 saturated carbocycles. The number of amides is 3. The fraction of sp³-hybridized carbons (Fsp3) is 0.258. The van der Waals surface area contributed by atoms with Crippen LogP contribution >= 0.6 is 11.8 Å². The van der Waals surface area contributed by atoms with Crippen molar-refractivity contribution >= 4 is 40.2 Å². The number of alkyl halides is 3. The first-order valence-corrected chi connectivity index (χ1v) is 14.9. The van der Waals surface area contributed by atoms with E-state index < -0.39 is 12.4 Å². The molecule has 0 bridgehead atoms. The van der Waals surface area contributed by atoms with Crippen molar-refractivity contribution in [1.82, 2.24) is 14.8 Å². The average Bonchev–Trinajstić information content (AvgIpc) is 3.60. The Balaban J connectivity index is 1.21. The zero-order valence-electron chi connectivity index (χ0n) is 24.6. The molecule has 5 rings (SSSR count). The van der Waals surface area contributed by atoms with Crippen LogP contribution in [0.15, 0.2) is 72.0 Å². The number of urea groups is 1. The Labute approximate surface area is 261 Å². The van der Waals surface area contributed by atoms with Crippen molar-refractivity contribution in [2.45, 2.75) is 46.6 Å². The molecule has 4 aromatic rings. The van der Waals surface area contributed by atoms with Gasteiger partial charge in [0.15, 0.2) is 11.0 Å². The number of aryl methyl sites for hydroxylation is 3. The predicted molar refractivity (Wildman–Crippen MR) is 165 cm³/mol. The molecule has 1 aromatic heterocycles. The number of aromatic nitrogens is 3. The summed E-state index contributed by atoms with van der Waals surface area (Å²) in [5.74, 6) is 0.593. The monoisotopic (exact) mass is 638 g/mol. The van der Waals surface area contributed by atoms with Crippen LogP contribution in [-0.2, 0) is 17.8 Å². The lowest BCUT2D eigenvalue weighted by Crippen LogP contribution is -2.31. The number of benzene rings is 3. The topological polar surface area (TPSA) is 111 Å². The van der Waals surface area contributed by atoms with Crippen LogP contribution in [0.5, 0.6) is 11.5 Å². The van der Waals surface area contributed by atoms with Crippen molar-refractivity contribution in [2.75, 3.05) is 16.0 Å². The quantitative estimate of drug-likeness (QED) is 0.211. The Morgan fingerprint density at radius 2 is 1.82 bits per heavy atom. The third-order valence-electron chi connectivity index (χ3n) is 6.65. The van der Waals surface area contributed by atoms with Crippen LogP contribution in [0.4, 0.5) is 29.3 Å². The van der Waals surface area contributed by atoms with Gasteiger partial charge in [0.2, 0.25) is 5.91 Å². The number of halogens is 3. The van der Waals surface area contributed by atoms with Crippen molar-refractivity contribution in [2.24, 2.45) is 4.99 Å². The Bertz CT molecular complexity index is 1740. The number of hydrogen-bond acceptors (Lipinski definition) is 7. The Hall–Kier alpha value is -4.85. The van der Waals surface area contributed by atoms with Gasteiger partial charge in [-0.25, -0.2) is 14.5 Å². The van der Waals surface area contributed by atoms with Gasteiger partial charge in [0.1, 0.15) is 24.4 Å². The highest BCUT2D eigenvalue weighted by atomic mass is 32.2. The summed E-state index contributed by atoms with van der Waals surface area (Å²) in [5.41, 5.74) is 4.52. The number of aliphatic imine (C=N–C) groups is 1. The lowest BCUT2D eigenvalue weighted by Gasteiger charge is -2.20. The standard InChI is InChI=1S/C31H29F3N6O4S/c1-4-5-21-7-6-19(2)14-26(21)40-28(41)17-45-30(40)37-29(42)36-25-13-12-24(15-20(25)3)43-16-27-35-18-39(38-27)22-8-10-23(11-9-22)44-31(32,33)34/h6-15,18H,4-5,16-17H2,1-3H3,(H,36,42). The summed E-state index contributed by atoms with van der Waals surface area (Å²) < 4.78 is 48.3. The molecular weight excluding hydrogens is 609 g/mol. The van der Waals surface area contributed by atoms with E-state index in [2.05, 4.69) is 32.1 Å². The van der Waals surface area contributed by atoms with Gasteiger partial charge in [-0.3, -0.25) is 9.69 Å². The number of carbonyl (C=O) groups excluding carboxylic acids is 2. The Kier molecular flexibility index (Phi) is 9.42. The Morgan fingerprint density at radius 1 is 1.07 bits per heavy atom. The number of hydrogen-bond donors (Lipinski definition) is 1. The van der Waals surface area contributed by atoms with E-state index in [1.165, 1.54) is 51.9 Å². The van der Waals surface area contributed by atoms with Crippen molar-refractivity contribution in [1.29, 1.82) is 0 Å². The summed E-state index contributed by atoms with van der Waals surface area (Å²) >= 11 is 1.22. The molecule has 1 aliphatic heterocycles. The molecular formula is C31H29F3N6O4S. The molecule has 1 saturated heterocycles. The minimum Gasteiger partial charge on any atom is -0.486 e. The molecule has 45 heavy (non-hydrogen) atoms. The Morgan fingerprint density at radius 3 is 2.53 bits per heavy atom. The summed E-state index contributed by atoms with van der Waals surface area (Å²) in [4.78, 5) is 35.7. The molecule has 10 nitrogen and oxygen atoms in total. The first-order valence-electron chi connectivity index (χ1n) is 13.9. The number of ether oxygens (including phenoxy) is 2. The maximum absolute atomic E-state index is 12.9. The van der Waals surface area contributed by atoms with Crippen LogP contribution in [0.1, 0.15) is 35.9 Å². The minimum absolute atomic E-state index is 0.0289. The number of nitrogens with zero attached hydrogens (tertiary/aromatic N) is 5. The van der Waals surface area contributed by atoms with Gasteiger partial charge in [0, 0.05) is 5.69 Å². The fourth-order valence-electron chi connectivity index (χ4n) is 4.58. The van der Waals surface area contributed by atoms with Crippen LogP contribution in [0, 0.1) is 13.8 Å². The predicted octanol–water partition coefficient (Wildman–Crippen LogP) is 6.98. The lowest BCUT2D eigenvalue weighted by molar-refractivity contribution is -0.274. The van der Waals surface area contributed by atoms with Crippen LogP contribution < -0.4 is 19.7 Å².